The van der Waals surface area contributed by atoms with Crippen LogP contribution in [0.4, 0.5) is 0 Å². The first-order valence-corrected chi connectivity index (χ1v) is 7.49. The molecule has 1 heterocycles. The van der Waals surface area contributed by atoms with E-state index in [1.54, 1.807) is 7.05 Å². The van der Waals surface area contributed by atoms with Gasteiger partial charge in [0.25, 0.3) is 0 Å². The van der Waals surface area contributed by atoms with Gasteiger partial charge in [0.2, 0.25) is 5.89 Å². The molecule has 0 aliphatic rings. The highest BCUT2D eigenvalue weighted by Crippen LogP contribution is 2.11. The molecule has 21 heavy (non-hydrogen) atoms. The second-order valence-electron chi connectivity index (χ2n) is 4.66. The Labute approximate surface area is 133 Å². The average Bonchev–Trinajstić information content (AvgIpc) is 2.78. The molecular formula is C15H19BrN4O. The summed E-state index contributed by atoms with van der Waals surface area (Å²) >= 11 is 3.46. The summed E-state index contributed by atoms with van der Waals surface area (Å²) in [6.45, 7) is 5.05. The van der Waals surface area contributed by atoms with Gasteiger partial charge in [0.05, 0.1) is 12.2 Å². The SMILES string of the molecule is CN=C(NCc1cccc(Br)c1)NCc1nc(C)c(C)o1. The smallest absolute Gasteiger partial charge is 0.214 e. The molecule has 0 fully saturated rings. The quantitative estimate of drug-likeness (QED) is 0.657. The van der Waals surface area contributed by atoms with Gasteiger partial charge < -0.3 is 15.1 Å². The van der Waals surface area contributed by atoms with Crippen LogP contribution >= 0.6 is 15.9 Å². The molecule has 0 saturated carbocycles. The molecule has 0 atom stereocenters. The minimum absolute atomic E-state index is 0.507. The van der Waals surface area contributed by atoms with Crippen molar-refractivity contribution in [3.05, 3.63) is 51.6 Å². The van der Waals surface area contributed by atoms with Gasteiger partial charge in [-0.1, -0.05) is 28.1 Å². The van der Waals surface area contributed by atoms with Crippen LogP contribution in [0.5, 0.6) is 0 Å². The van der Waals surface area contributed by atoms with Crippen LogP contribution in [-0.4, -0.2) is 18.0 Å². The molecule has 6 heteroatoms. The molecule has 112 valence electrons. The highest BCUT2D eigenvalue weighted by molar-refractivity contribution is 9.10. The number of guanidine groups is 1. The molecule has 0 amide bonds. The van der Waals surface area contributed by atoms with E-state index in [-0.39, 0.29) is 0 Å². The molecule has 5 nitrogen and oxygen atoms in total. The fraction of sp³-hybridized carbons (Fsp3) is 0.333. The van der Waals surface area contributed by atoms with E-state index in [4.69, 9.17) is 4.42 Å². The molecule has 0 spiro atoms. The maximum Gasteiger partial charge on any atom is 0.214 e. The number of hydrogen-bond acceptors (Lipinski definition) is 3. The Morgan fingerprint density at radius 2 is 2.05 bits per heavy atom. The van der Waals surface area contributed by atoms with E-state index in [9.17, 15) is 0 Å². The van der Waals surface area contributed by atoms with Gasteiger partial charge in [-0.05, 0) is 31.5 Å². The zero-order chi connectivity index (χ0) is 15.2. The Morgan fingerprint density at radius 1 is 1.29 bits per heavy atom. The van der Waals surface area contributed by atoms with E-state index in [0.29, 0.717) is 24.9 Å². The molecule has 0 saturated heterocycles. The van der Waals surface area contributed by atoms with Gasteiger partial charge in [-0.25, -0.2) is 4.98 Å². The number of oxazole rings is 1. The molecule has 1 aromatic carbocycles. The van der Waals surface area contributed by atoms with Crippen molar-refractivity contribution in [2.75, 3.05) is 7.05 Å². The third-order valence-electron chi connectivity index (χ3n) is 3.05. The van der Waals surface area contributed by atoms with Crippen molar-refractivity contribution in [1.82, 2.24) is 15.6 Å². The summed E-state index contributed by atoms with van der Waals surface area (Å²) in [4.78, 5) is 8.51. The predicted molar refractivity (Wildman–Crippen MR) is 87.2 cm³/mol. The molecule has 2 rings (SSSR count). The Hall–Kier alpha value is -1.82. The Bertz CT molecular complexity index is 617. The number of benzene rings is 1. The Kier molecular flexibility index (Phi) is 5.38. The van der Waals surface area contributed by atoms with E-state index < -0.39 is 0 Å². The van der Waals surface area contributed by atoms with Crippen LogP contribution in [-0.2, 0) is 13.1 Å². The van der Waals surface area contributed by atoms with Crippen LogP contribution in [0.15, 0.2) is 38.1 Å². The summed E-state index contributed by atoms with van der Waals surface area (Å²) in [5.41, 5.74) is 2.10. The molecule has 0 unspecified atom stereocenters. The second kappa shape index (κ2) is 7.26. The lowest BCUT2D eigenvalue weighted by Gasteiger charge is -2.10. The largest absolute Gasteiger partial charge is 0.444 e. The minimum Gasteiger partial charge on any atom is -0.444 e. The number of hydrogen-bond donors (Lipinski definition) is 2. The standard InChI is InChI=1S/C15H19BrN4O/c1-10-11(2)21-14(20-10)9-19-15(17-3)18-8-12-5-4-6-13(16)7-12/h4-7H,8-9H2,1-3H3,(H2,17,18,19). The molecule has 2 N–H and O–H groups in total. The third kappa shape index (κ3) is 4.60. The predicted octanol–water partition coefficient (Wildman–Crippen LogP) is 2.92. The van der Waals surface area contributed by atoms with Gasteiger partial charge in [0, 0.05) is 18.1 Å². The van der Waals surface area contributed by atoms with Crippen molar-refractivity contribution in [3.8, 4) is 0 Å². The van der Waals surface area contributed by atoms with Gasteiger partial charge in [-0.2, -0.15) is 0 Å². The highest BCUT2D eigenvalue weighted by atomic mass is 79.9. The molecule has 0 aliphatic carbocycles. The maximum atomic E-state index is 5.53. The number of rotatable bonds is 4. The van der Waals surface area contributed by atoms with Crippen LogP contribution in [0.25, 0.3) is 0 Å². The summed E-state index contributed by atoms with van der Waals surface area (Å²) in [6.07, 6.45) is 0. The van der Waals surface area contributed by atoms with Gasteiger partial charge in [-0.15, -0.1) is 0 Å². The van der Waals surface area contributed by atoms with Crippen molar-refractivity contribution >= 4 is 21.9 Å². The summed E-state index contributed by atoms with van der Waals surface area (Å²) < 4.78 is 6.59. The van der Waals surface area contributed by atoms with Crippen LogP contribution in [0.2, 0.25) is 0 Å². The topological polar surface area (TPSA) is 62.5 Å². The number of halogens is 1. The Balaban J connectivity index is 1.86. The van der Waals surface area contributed by atoms with Crippen molar-refractivity contribution < 1.29 is 4.42 Å². The Morgan fingerprint density at radius 3 is 2.67 bits per heavy atom. The third-order valence-corrected chi connectivity index (χ3v) is 3.55. The van der Waals surface area contributed by atoms with E-state index in [2.05, 4.69) is 48.7 Å². The lowest BCUT2D eigenvalue weighted by Crippen LogP contribution is -2.36. The van der Waals surface area contributed by atoms with Crippen molar-refractivity contribution in [3.63, 3.8) is 0 Å². The van der Waals surface area contributed by atoms with Crippen molar-refractivity contribution in [2.24, 2.45) is 4.99 Å². The van der Waals surface area contributed by atoms with Gasteiger partial charge in [0.15, 0.2) is 5.96 Å². The first kappa shape index (κ1) is 15.6. The molecule has 2 aromatic rings. The molecular weight excluding hydrogens is 332 g/mol. The zero-order valence-corrected chi connectivity index (χ0v) is 14.0. The molecule has 0 bridgehead atoms. The van der Waals surface area contributed by atoms with E-state index in [0.717, 1.165) is 15.9 Å². The zero-order valence-electron chi connectivity index (χ0n) is 12.4. The number of aryl methyl sites for hydroxylation is 2. The van der Waals surface area contributed by atoms with Crippen molar-refractivity contribution in [2.45, 2.75) is 26.9 Å². The van der Waals surface area contributed by atoms with E-state index >= 15 is 0 Å². The van der Waals surface area contributed by atoms with Gasteiger partial charge in [0.1, 0.15) is 5.76 Å². The monoisotopic (exact) mass is 350 g/mol. The number of aliphatic imine (C=N–C) groups is 1. The number of nitrogens with zero attached hydrogens (tertiary/aromatic N) is 2. The van der Waals surface area contributed by atoms with E-state index in [1.165, 1.54) is 5.56 Å². The number of aromatic nitrogens is 1. The summed E-state index contributed by atoms with van der Waals surface area (Å²) in [6, 6.07) is 8.15. The van der Waals surface area contributed by atoms with Crippen LogP contribution in [0.3, 0.4) is 0 Å². The maximum absolute atomic E-state index is 5.53. The highest BCUT2D eigenvalue weighted by Gasteiger charge is 2.06. The fourth-order valence-corrected chi connectivity index (χ4v) is 2.27. The minimum atomic E-state index is 0.507. The second-order valence-corrected chi connectivity index (χ2v) is 5.57. The molecule has 0 radical (unpaired) electrons. The van der Waals surface area contributed by atoms with Crippen LogP contribution in [0, 0.1) is 13.8 Å². The van der Waals surface area contributed by atoms with Crippen molar-refractivity contribution in [1.29, 1.82) is 0 Å². The van der Waals surface area contributed by atoms with Crippen LogP contribution in [0.1, 0.15) is 22.9 Å². The lowest BCUT2D eigenvalue weighted by molar-refractivity contribution is 0.463. The summed E-state index contributed by atoms with van der Waals surface area (Å²) in [5, 5.41) is 6.44. The molecule has 0 aliphatic heterocycles. The summed E-state index contributed by atoms with van der Waals surface area (Å²) in [7, 11) is 1.74. The lowest BCUT2D eigenvalue weighted by atomic mass is 10.2. The molecule has 1 aromatic heterocycles. The average molecular weight is 351 g/mol. The van der Waals surface area contributed by atoms with E-state index in [1.807, 2.05) is 26.0 Å². The fourth-order valence-electron chi connectivity index (χ4n) is 1.83. The summed E-state index contributed by atoms with van der Waals surface area (Å²) in [5.74, 6) is 2.22. The van der Waals surface area contributed by atoms with Gasteiger partial charge >= 0.3 is 0 Å². The normalized spacial score (nSPS) is 11.5. The van der Waals surface area contributed by atoms with Gasteiger partial charge in [-0.3, -0.25) is 4.99 Å². The first-order valence-electron chi connectivity index (χ1n) is 6.70. The number of nitrogens with one attached hydrogen (secondary N) is 2. The van der Waals surface area contributed by atoms with Crippen LogP contribution < -0.4 is 10.6 Å². The first-order chi connectivity index (χ1) is 10.1.